The number of hydrogen-bond donors (Lipinski definition) is 0. The Hall–Kier alpha value is -2.82. The summed E-state index contributed by atoms with van der Waals surface area (Å²) in [7, 11) is -35.1. The highest BCUT2D eigenvalue weighted by molar-refractivity contribution is 7.03. The van der Waals surface area contributed by atoms with Crippen LogP contribution in [0.2, 0.25) is 48.4 Å². The van der Waals surface area contributed by atoms with Crippen LogP contribution in [0.15, 0.2) is 0 Å². The second kappa shape index (κ2) is 21.5. The first-order chi connectivity index (χ1) is 29.0. The van der Waals surface area contributed by atoms with Gasteiger partial charge >= 0.3 is 70.4 Å². The number of nitriles is 8. The zero-order valence-electron chi connectivity index (χ0n) is 33.4. The summed E-state index contributed by atoms with van der Waals surface area (Å²) >= 11 is 0. The van der Waals surface area contributed by atoms with Crippen molar-refractivity contribution in [3.8, 4) is 48.6 Å². The van der Waals surface area contributed by atoms with Gasteiger partial charge in [-0.15, -0.1) is 0 Å². The normalized spacial score (nSPS) is 35.9. The van der Waals surface area contributed by atoms with Gasteiger partial charge in [0, 0.05) is 99.7 Å². The standard InChI is InChI=1S/C32H48N8O12Si8/c33-17-1-9-25-53-41-54(26-10-2-18-34)44-57(29-13-5-21-37)46-55(42-53,27-11-3-19-35)48-59(31-15-7-23-39)49-56(43-53,28-12-4-20-36)47-58(45-54,30-14-6-22-38)51-60(50-57,52-59)32-16-8-24-40/h1-16,25-32H2. The molecule has 0 saturated carbocycles. The van der Waals surface area contributed by atoms with Gasteiger partial charge in [0.2, 0.25) is 0 Å². The van der Waals surface area contributed by atoms with Gasteiger partial charge in [-0.1, -0.05) is 0 Å². The van der Waals surface area contributed by atoms with E-state index < -0.39 is 70.4 Å². The largest absolute Gasteiger partial charge is 0.478 e. The first kappa shape index (κ1) is 48.2. The van der Waals surface area contributed by atoms with E-state index in [2.05, 4.69) is 48.6 Å². The minimum Gasteiger partial charge on any atom is -0.373 e. The smallest absolute Gasteiger partial charge is 0.373 e. The van der Waals surface area contributed by atoms with Crippen molar-refractivity contribution in [1.29, 1.82) is 42.1 Å². The summed E-state index contributed by atoms with van der Waals surface area (Å²) in [5.74, 6) is 0. The van der Waals surface area contributed by atoms with Gasteiger partial charge in [-0.3, -0.25) is 0 Å². The maximum absolute atomic E-state index is 9.74. The molecule has 0 aromatic heterocycles. The fourth-order valence-electron chi connectivity index (χ4n) is 7.64. The Labute approximate surface area is 360 Å². The third kappa shape index (κ3) is 11.8. The zero-order valence-corrected chi connectivity index (χ0v) is 41.4. The fourth-order valence-corrected chi connectivity index (χ4v) is 58.1. The minimum absolute atomic E-state index is 0.0318. The summed E-state index contributed by atoms with van der Waals surface area (Å²) in [6.45, 7) is 0. The van der Waals surface area contributed by atoms with Crippen LogP contribution in [0, 0.1) is 90.6 Å². The summed E-state index contributed by atoms with van der Waals surface area (Å²) in [5, 5.41) is 77.9. The van der Waals surface area contributed by atoms with E-state index in [0.717, 1.165) is 0 Å². The molecule has 6 aliphatic heterocycles. The number of unbranched alkanes of at least 4 members (excludes halogenated alkanes) is 8. The van der Waals surface area contributed by atoms with Crippen LogP contribution in [-0.2, 0) is 49.4 Å². The van der Waals surface area contributed by atoms with Crippen LogP contribution < -0.4 is 0 Å². The Kier molecular flexibility index (Phi) is 17.3. The molecule has 6 saturated heterocycles. The molecule has 0 spiro atoms. The SMILES string of the molecule is N#CCCC[Si]12O[Si]3(CCCC#N)O[Si]4(CCCC#N)O[Si](CCCC#N)(O1)O[Si]1(CCCC#N)O[Si](CCCC#N)(O2)O[Si](CCCC#N)(O3)O[Si](CCCC#N)(O4)O1. The second-order valence-corrected chi connectivity index (χ2v) is 39.5. The molecule has 0 N–H and O–H groups in total. The Balaban J connectivity index is 1.91. The topological polar surface area (TPSA) is 301 Å². The molecule has 6 fully saturated rings. The van der Waals surface area contributed by atoms with Crippen LogP contribution in [0.1, 0.15) is 103 Å². The van der Waals surface area contributed by atoms with E-state index in [1.807, 2.05) is 0 Å². The summed E-state index contributed by atoms with van der Waals surface area (Å²) in [6.07, 6.45) is 2.55. The molecule has 60 heavy (non-hydrogen) atoms. The molecule has 6 aliphatic rings. The van der Waals surface area contributed by atoms with E-state index >= 15 is 0 Å². The maximum atomic E-state index is 9.74. The average Bonchev–Trinajstić information content (AvgIpc) is 3.16. The van der Waals surface area contributed by atoms with Gasteiger partial charge in [-0.25, -0.2) is 0 Å². The molecule has 0 amide bonds. The average molecular weight is 961 g/mol. The molecule has 20 nitrogen and oxygen atoms in total. The lowest BCUT2D eigenvalue weighted by Gasteiger charge is -2.63. The molecule has 0 aromatic carbocycles. The van der Waals surface area contributed by atoms with Crippen molar-refractivity contribution in [2.45, 2.75) is 151 Å². The predicted octanol–water partition coefficient (Wildman–Crippen LogP) is 6.20. The number of hydrogen-bond acceptors (Lipinski definition) is 20. The van der Waals surface area contributed by atoms with Crippen molar-refractivity contribution < 1.29 is 49.4 Å². The van der Waals surface area contributed by atoms with Crippen molar-refractivity contribution in [3.05, 3.63) is 0 Å². The quantitative estimate of drug-likeness (QED) is 0.0768. The Morgan fingerprint density at radius 1 is 0.200 bits per heavy atom. The summed E-state index contributed by atoms with van der Waals surface area (Å²) in [5.41, 5.74) is 0. The van der Waals surface area contributed by atoms with E-state index in [-0.39, 0.29) is 151 Å². The molecule has 6 heterocycles. The molecule has 28 heteroatoms. The van der Waals surface area contributed by atoms with Crippen molar-refractivity contribution in [2.75, 3.05) is 0 Å². The van der Waals surface area contributed by atoms with Crippen LogP contribution in [0.5, 0.6) is 0 Å². The highest BCUT2D eigenvalue weighted by atomic mass is 28.6. The molecule has 8 bridgehead atoms. The van der Waals surface area contributed by atoms with Gasteiger partial charge in [-0.2, -0.15) is 42.1 Å². The second-order valence-electron chi connectivity index (χ2n) is 14.8. The van der Waals surface area contributed by atoms with Crippen molar-refractivity contribution >= 4 is 70.4 Å². The molecular formula is C32H48N8O12Si8. The number of nitrogens with zero attached hydrogens (tertiary/aromatic N) is 8. The van der Waals surface area contributed by atoms with E-state index in [9.17, 15) is 42.1 Å². The Morgan fingerprint density at radius 2 is 0.300 bits per heavy atom. The van der Waals surface area contributed by atoms with Crippen LogP contribution in [0.4, 0.5) is 0 Å². The van der Waals surface area contributed by atoms with Gasteiger partial charge in [0.1, 0.15) is 0 Å². The molecule has 320 valence electrons. The molecule has 0 unspecified atom stereocenters. The summed E-state index contributed by atoms with van der Waals surface area (Å²) in [6, 6.07) is 17.6. The van der Waals surface area contributed by atoms with Gasteiger partial charge in [-0.05, 0) is 51.4 Å². The minimum atomic E-state index is -4.39. The Bertz CT molecular complexity index is 1410. The molecular weight excluding hydrogens is 913 g/mol. The first-order valence-electron chi connectivity index (χ1n) is 20.3. The highest BCUT2D eigenvalue weighted by Gasteiger charge is 2.82. The van der Waals surface area contributed by atoms with Crippen molar-refractivity contribution in [2.24, 2.45) is 0 Å². The van der Waals surface area contributed by atoms with Crippen LogP contribution in [0.3, 0.4) is 0 Å². The summed E-state index contributed by atoms with van der Waals surface area (Å²) in [4.78, 5) is 0. The number of rotatable bonds is 24. The van der Waals surface area contributed by atoms with Crippen molar-refractivity contribution in [1.82, 2.24) is 0 Å². The third-order valence-corrected chi connectivity index (χ3v) is 47.5. The maximum Gasteiger partial charge on any atom is 0.478 e. The lowest BCUT2D eigenvalue weighted by atomic mass is 10.4. The highest BCUT2D eigenvalue weighted by Crippen LogP contribution is 2.55. The van der Waals surface area contributed by atoms with E-state index in [4.69, 9.17) is 49.4 Å². The van der Waals surface area contributed by atoms with E-state index in [1.165, 1.54) is 0 Å². The van der Waals surface area contributed by atoms with E-state index in [1.54, 1.807) is 0 Å². The van der Waals surface area contributed by atoms with Crippen molar-refractivity contribution in [3.63, 3.8) is 0 Å². The van der Waals surface area contributed by atoms with Crippen LogP contribution >= 0.6 is 0 Å². The molecule has 0 radical (unpaired) electrons. The monoisotopic (exact) mass is 960 g/mol. The first-order valence-corrected chi connectivity index (χ1v) is 35.8. The van der Waals surface area contributed by atoms with Gasteiger partial charge in [0.05, 0.1) is 48.6 Å². The zero-order chi connectivity index (χ0) is 43.1. The van der Waals surface area contributed by atoms with Gasteiger partial charge < -0.3 is 49.4 Å². The lowest BCUT2D eigenvalue weighted by Crippen LogP contribution is -2.88. The van der Waals surface area contributed by atoms with E-state index in [0.29, 0.717) is 0 Å². The molecule has 0 atom stereocenters. The summed E-state index contributed by atoms with van der Waals surface area (Å²) < 4.78 is 88.6. The van der Waals surface area contributed by atoms with Gasteiger partial charge in [0.15, 0.2) is 0 Å². The van der Waals surface area contributed by atoms with Gasteiger partial charge in [0.25, 0.3) is 0 Å². The predicted molar refractivity (Wildman–Crippen MR) is 216 cm³/mol. The third-order valence-electron chi connectivity index (χ3n) is 9.90. The van der Waals surface area contributed by atoms with Crippen LogP contribution in [-0.4, -0.2) is 70.4 Å². The Morgan fingerprint density at radius 3 is 0.383 bits per heavy atom. The van der Waals surface area contributed by atoms with Crippen LogP contribution in [0.25, 0.3) is 0 Å². The molecule has 0 aliphatic carbocycles. The molecule has 6 rings (SSSR count). The lowest BCUT2D eigenvalue weighted by molar-refractivity contribution is -0.0309. The molecule has 0 aromatic rings. The fraction of sp³-hybridized carbons (Fsp3) is 0.750.